The summed E-state index contributed by atoms with van der Waals surface area (Å²) in [4.78, 5) is 2.59. The van der Waals surface area contributed by atoms with Crippen molar-refractivity contribution in [3.05, 3.63) is 0 Å². The molecule has 20 heavy (non-hydrogen) atoms. The van der Waals surface area contributed by atoms with Crippen molar-refractivity contribution in [2.24, 2.45) is 11.3 Å². The van der Waals surface area contributed by atoms with Gasteiger partial charge in [0.25, 0.3) is 0 Å². The molecule has 0 aromatic carbocycles. The van der Waals surface area contributed by atoms with Gasteiger partial charge in [0.15, 0.2) is 0 Å². The second-order valence-corrected chi connectivity index (χ2v) is 7.25. The third-order valence-electron chi connectivity index (χ3n) is 6.29. The van der Waals surface area contributed by atoms with Gasteiger partial charge in [-0.1, -0.05) is 20.3 Å². The quantitative estimate of drug-likeness (QED) is 0.838. The van der Waals surface area contributed by atoms with Crippen LogP contribution in [-0.2, 0) is 4.74 Å². The van der Waals surface area contributed by atoms with Crippen molar-refractivity contribution in [1.82, 2.24) is 10.2 Å². The molecule has 0 amide bonds. The number of hydrogen-bond donors (Lipinski definition) is 1. The van der Waals surface area contributed by atoms with E-state index >= 15 is 0 Å². The Hall–Kier alpha value is -0.120. The summed E-state index contributed by atoms with van der Waals surface area (Å²) >= 11 is 0. The number of hydrogen-bond acceptors (Lipinski definition) is 3. The van der Waals surface area contributed by atoms with E-state index in [0.29, 0.717) is 11.5 Å². The molecule has 1 saturated heterocycles. The fraction of sp³-hybridized carbons (Fsp3) is 1.00. The van der Waals surface area contributed by atoms with Crippen molar-refractivity contribution in [2.45, 2.75) is 71.1 Å². The highest BCUT2D eigenvalue weighted by Crippen LogP contribution is 2.57. The minimum atomic E-state index is 0.512. The fourth-order valence-electron chi connectivity index (χ4n) is 4.70. The number of nitrogens with zero attached hydrogens (tertiary/aromatic N) is 1. The predicted octanol–water partition coefficient (Wildman–Crippen LogP) is 2.65. The molecule has 3 fully saturated rings. The summed E-state index contributed by atoms with van der Waals surface area (Å²) in [6.45, 7) is 11.5. The van der Waals surface area contributed by atoms with Gasteiger partial charge in [0.05, 0.1) is 6.10 Å². The highest BCUT2D eigenvalue weighted by molar-refractivity contribution is 5.13. The van der Waals surface area contributed by atoms with Crippen LogP contribution in [0.4, 0.5) is 0 Å². The van der Waals surface area contributed by atoms with Gasteiger partial charge in [-0.25, -0.2) is 0 Å². The number of ether oxygens (including phenoxy) is 1. The summed E-state index contributed by atoms with van der Waals surface area (Å²) in [6, 6.07) is 1.45. The number of piperidine rings is 1. The molecule has 1 spiro atoms. The maximum Gasteiger partial charge on any atom is 0.0661 e. The number of likely N-dealkylation sites (tertiary alicyclic amines) is 1. The average molecular weight is 280 g/mol. The van der Waals surface area contributed by atoms with Crippen molar-refractivity contribution in [3.8, 4) is 0 Å². The highest BCUT2D eigenvalue weighted by atomic mass is 16.5. The molecular weight excluding hydrogens is 248 g/mol. The topological polar surface area (TPSA) is 24.5 Å². The molecule has 1 heterocycles. The second kappa shape index (κ2) is 5.94. The smallest absolute Gasteiger partial charge is 0.0661 e. The summed E-state index contributed by atoms with van der Waals surface area (Å²) in [6.07, 6.45) is 7.29. The fourth-order valence-corrected chi connectivity index (χ4v) is 4.70. The summed E-state index contributed by atoms with van der Waals surface area (Å²) in [5, 5.41) is 4.02. The zero-order valence-electron chi connectivity index (χ0n) is 13.5. The van der Waals surface area contributed by atoms with Crippen LogP contribution in [0.15, 0.2) is 0 Å². The van der Waals surface area contributed by atoms with Crippen LogP contribution >= 0.6 is 0 Å². The first-order valence-corrected chi connectivity index (χ1v) is 8.79. The molecule has 2 saturated carbocycles. The standard InChI is InChI=1S/C17H32N2O/c1-4-19-10-7-14(13(3)12-19)18-15-11-16(20-5-2)17(15)8-6-9-17/h13-16,18H,4-12H2,1-3H3/t13-,14+,15+,16-/m1/s1. The summed E-state index contributed by atoms with van der Waals surface area (Å²) < 4.78 is 5.97. The van der Waals surface area contributed by atoms with Gasteiger partial charge < -0.3 is 15.0 Å². The lowest BCUT2D eigenvalue weighted by atomic mass is 9.50. The van der Waals surface area contributed by atoms with E-state index in [2.05, 4.69) is 31.0 Å². The van der Waals surface area contributed by atoms with Crippen LogP contribution in [0.3, 0.4) is 0 Å². The Bertz CT molecular complexity index is 329. The molecule has 1 aliphatic heterocycles. The summed E-state index contributed by atoms with van der Waals surface area (Å²) in [5.41, 5.74) is 0.512. The van der Waals surface area contributed by atoms with E-state index in [1.54, 1.807) is 0 Å². The minimum absolute atomic E-state index is 0.512. The maximum atomic E-state index is 5.97. The maximum absolute atomic E-state index is 5.97. The lowest BCUT2D eigenvalue weighted by Gasteiger charge is -2.62. The molecule has 1 N–H and O–H groups in total. The van der Waals surface area contributed by atoms with Crippen molar-refractivity contribution in [3.63, 3.8) is 0 Å². The van der Waals surface area contributed by atoms with Crippen LogP contribution in [0.2, 0.25) is 0 Å². The third-order valence-corrected chi connectivity index (χ3v) is 6.29. The number of nitrogens with one attached hydrogen (secondary N) is 1. The van der Waals surface area contributed by atoms with Gasteiger partial charge in [-0.15, -0.1) is 0 Å². The van der Waals surface area contributed by atoms with Gasteiger partial charge in [-0.05, 0) is 51.6 Å². The Balaban J connectivity index is 1.54. The Morgan fingerprint density at radius 2 is 2.10 bits per heavy atom. The highest BCUT2D eigenvalue weighted by Gasteiger charge is 2.59. The Kier molecular flexibility index (Phi) is 4.40. The van der Waals surface area contributed by atoms with Crippen LogP contribution in [0.5, 0.6) is 0 Å². The van der Waals surface area contributed by atoms with Crippen LogP contribution < -0.4 is 5.32 Å². The minimum Gasteiger partial charge on any atom is -0.378 e. The molecule has 3 aliphatic rings. The van der Waals surface area contributed by atoms with E-state index in [1.807, 2.05) is 0 Å². The molecule has 2 aliphatic carbocycles. The van der Waals surface area contributed by atoms with Crippen LogP contribution in [0.25, 0.3) is 0 Å². The predicted molar refractivity (Wildman–Crippen MR) is 82.9 cm³/mol. The van der Waals surface area contributed by atoms with Gasteiger partial charge in [-0.2, -0.15) is 0 Å². The molecule has 0 aromatic heterocycles. The largest absolute Gasteiger partial charge is 0.378 e. The average Bonchev–Trinajstić information content (AvgIpc) is 2.37. The van der Waals surface area contributed by atoms with Gasteiger partial charge >= 0.3 is 0 Å². The summed E-state index contributed by atoms with van der Waals surface area (Å²) in [7, 11) is 0. The molecule has 4 atom stereocenters. The van der Waals surface area contributed by atoms with E-state index < -0.39 is 0 Å². The van der Waals surface area contributed by atoms with E-state index in [4.69, 9.17) is 4.74 Å². The molecule has 0 unspecified atom stereocenters. The molecule has 0 aromatic rings. The molecule has 3 nitrogen and oxygen atoms in total. The Labute approximate surface area is 124 Å². The van der Waals surface area contributed by atoms with E-state index in [9.17, 15) is 0 Å². The van der Waals surface area contributed by atoms with Crippen molar-refractivity contribution < 1.29 is 4.74 Å². The third kappa shape index (κ3) is 2.42. The first kappa shape index (κ1) is 14.8. The molecular formula is C17H32N2O. The molecule has 0 bridgehead atoms. The van der Waals surface area contributed by atoms with Gasteiger partial charge in [-0.3, -0.25) is 0 Å². The van der Waals surface area contributed by atoms with Crippen LogP contribution in [-0.4, -0.2) is 49.3 Å². The SMILES string of the molecule is CCO[C@@H]1C[C@H](N[C@H]2CCN(CC)C[C@H]2C)C12CCC2. The van der Waals surface area contributed by atoms with E-state index in [1.165, 1.54) is 51.7 Å². The number of rotatable bonds is 5. The molecule has 0 radical (unpaired) electrons. The monoisotopic (exact) mass is 280 g/mol. The molecule has 3 heteroatoms. The molecule has 116 valence electrons. The van der Waals surface area contributed by atoms with Gasteiger partial charge in [0.2, 0.25) is 0 Å². The Morgan fingerprint density at radius 3 is 2.65 bits per heavy atom. The lowest BCUT2D eigenvalue weighted by molar-refractivity contribution is -0.176. The van der Waals surface area contributed by atoms with Gasteiger partial charge in [0.1, 0.15) is 0 Å². The van der Waals surface area contributed by atoms with Gasteiger partial charge in [0, 0.05) is 30.7 Å². The van der Waals surface area contributed by atoms with E-state index in [0.717, 1.165) is 24.6 Å². The second-order valence-electron chi connectivity index (χ2n) is 7.25. The molecule has 3 rings (SSSR count). The normalized spacial score (nSPS) is 40.4. The van der Waals surface area contributed by atoms with Crippen molar-refractivity contribution in [2.75, 3.05) is 26.2 Å². The Morgan fingerprint density at radius 1 is 1.30 bits per heavy atom. The first-order chi connectivity index (χ1) is 9.69. The van der Waals surface area contributed by atoms with Crippen molar-refractivity contribution >= 4 is 0 Å². The van der Waals surface area contributed by atoms with Crippen molar-refractivity contribution in [1.29, 1.82) is 0 Å². The summed E-state index contributed by atoms with van der Waals surface area (Å²) in [5.74, 6) is 0.784. The zero-order chi connectivity index (χ0) is 14.2. The lowest BCUT2D eigenvalue weighted by Crippen LogP contribution is -2.69. The first-order valence-electron chi connectivity index (χ1n) is 8.79. The van der Waals surface area contributed by atoms with Crippen LogP contribution in [0, 0.1) is 11.3 Å². The van der Waals surface area contributed by atoms with E-state index in [-0.39, 0.29) is 0 Å². The van der Waals surface area contributed by atoms with Crippen LogP contribution in [0.1, 0.15) is 52.9 Å². The zero-order valence-corrected chi connectivity index (χ0v) is 13.5.